The van der Waals surface area contributed by atoms with Gasteiger partial charge in [-0.15, -0.1) is 0 Å². The van der Waals surface area contributed by atoms with Crippen molar-refractivity contribution in [2.75, 3.05) is 13.1 Å². The molecule has 0 saturated carbocycles. The topological polar surface area (TPSA) is 58.2 Å². The molecule has 0 atom stereocenters. The molecule has 2 amide bonds. The molecule has 1 aromatic carbocycles. The number of hydrogen-bond acceptors (Lipinski definition) is 2. The Balaban J connectivity index is 0. The number of rotatable bonds is 6. The van der Waals surface area contributed by atoms with Crippen LogP contribution < -0.4 is 10.6 Å². The van der Waals surface area contributed by atoms with E-state index in [9.17, 15) is 9.59 Å². The number of nitrogens with one attached hydrogen (secondary N) is 2. The third-order valence-corrected chi connectivity index (χ3v) is 2.52. The lowest BCUT2D eigenvalue weighted by atomic mass is 10.1. The maximum absolute atomic E-state index is 11.7. The first-order valence-electron chi connectivity index (χ1n) is 6.25. The Hall–Kier alpha value is -1.84. The van der Waals surface area contributed by atoms with Gasteiger partial charge in [-0.25, -0.2) is 0 Å². The van der Waals surface area contributed by atoms with Crippen molar-refractivity contribution >= 4 is 11.8 Å². The Morgan fingerprint density at radius 3 is 2.33 bits per heavy atom. The van der Waals surface area contributed by atoms with Crippen LogP contribution in [-0.2, 0) is 4.79 Å². The van der Waals surface area contributed by atoms with Crippen molar-refractivity contribution in [3.05, 3.63) is 35.4 Å². The zero-order chi connectivity index (χ0) is 13.4. The highest BCUT2D eigenvalue weighted by atomic mass is 16.2. The molecule has 0 saturated heterocycles. The van der Waals surface area contributed by atoms with E-state index < -0.39 is 0 Å². The zero-order valence-corrected chi connectivity index (χ0v) is 11.0. The first kappa shape index (κ1) is 14.2. The molecule has 0 aliphatic rings. The molecule has 0 aromatic heterocycles. The summed E-state index contributed by atoms with van der Waals surface area (Å²) in [5, 5.41) is 5.51. The van der Waals surface area contributed by atoms with E-state index in [4.69, 9.17) is 0 Å². The molecular weight excluding hydrogens is 228 g/mol. The van der Waals surface area contributed by atoms with Crippen LogP contribution in [0, 0.1) is 6.92 Å². The molecule has 0 heterocycles. The van der Waals surface area contributed by atoms with E-state index in [0.717, 1.165) is 12.0 Å². The molecule has 102 valence electrons. The van der Waals surface area contributed by atoms with Crippen molar-refractivity contribution < 1.29 is 12.4 Å². The Labute approximate surface area is 111 Å². The van der Waals surface area contributed by atoms with Gasteiger partial charge in [-0.1, -0.05) is 24.6 Å². The molecule has 0 spiro atoms. The van der Waals surface area contributed by atoms with E-state index in [0.29, 0.717) is 25.1 Å². The van der Waals surface area contributed by atoms with Crippen LogP contribution in [0.15, 0.2) is 24.3 Å². The second kappa shape index (κ2) is 7.48. The molecule has 2 N–H and O–H groups in total. The van der Waals surface area contributed by atoms with Crippen LogP contribution in [0.4, 0.5) is 0 Å². The third kappa shape index (κ3) is 4.99. The quantitative estimate of drug-likeness (QED) is 0.762. The van der Waals surface area contributed by atoms with Crippen molar-refractivity contribution in [2.24, 2.45) is 0 Å². The summed E-state index contributed by atoms with van der Waals surface area (Å²) in [7, 11) is 0. The number of aryl methyl sites for hydroxylation is 1. The molecule has 1 aromatic rings. The van der Waals surface area contributed by atoms with Gasteiger partial charge < -0.3 is 10.6 Å². The summed E-state index contributed by atoms with van der Waals surface area (Å²) >= 11 is 0. The number of carbonyl (C=O) groups is 2. The fourth-order valence-corrected chi connectivity index (χ4v) is 1.50. The predicted molar refractivity (Wildman–Crippen MR) is 75.7 cm³/mol. The second-order valence-corrected chi connectivity index (χ2v) is 4.22. The molecular formula is C14H24N2O2. The molecule has 4 heteroatoms. The van der Waals surface area contributed by atoms with E-state index in [1.165, 1.54) is 0 Å². The molecule has 0 aliphatic heterocycles. The van der Waals surface area contributed by atoms with Crippen LogP contribution in [0.25, 0.3) is 0 Å². The van der Waals surface area contributed by atoms with Crippen molar-refractivity contribution in [3.8, 4) is 0 Å². The van der Waals surface area contributed by atoms with Crippen molar-refractivity contribution in [1.82, 2.24) is 10.6 Å². The lowest BCUT2D eigenvalue weighted by Gasteiger charge is -2.07. The molecule has 0 fully saturated rings. The van der Waals surface area contributed by atoms with E-state index >= 15 is 0 Å². The van der Waals surface area contributed by atoms with Crippen molar-refractivity contribution in [3.63, 3.8) is 0 Å². The molecule has 4 nitrogen and oxygen atoms in total. The van der Waals surface area contributed by atoms with Crippen LogP contribution in [-0.4, -0.2) is 24.9 Å². The van der Waals surface area contributed by atoms with Gasteiger partial charge in [0.1, 0.15) is 0 Å². The fraction of sp³-hybridized carbons (Fsp3) is 0.429. The Kier molecular flexibility index (Phi) is 5.91. The summed E-state index contributed by atoms with van der Waals surface area (Å²) in [6, 6.07) is 7.39. The summed E-state index contributed by atoms with van der Waals surface area (Å²) in [6.07, 6.45) is 1.37. The van der Waals surface area contributed by atoms with Gasteiger partial charge in [0.25, 0.3) is 5.91 Å². The van der Waals surface area contributed by atoms with Crippen molar-refractivity contribution in [1.29, 1.82) is 0 Å². The highest BCUT2D eigenvalue weighted by Crippen LogP contribution is 2.02. The van der Waals surface area contributed by atoms with Crippen LogP contribution in [0.2, 0.25) is 0 Å². The summed E-state index contributed by atoms with van der Waals surface area (Å²) in [5.41, 5.74) is 1.76. The van der Waals surface area contributed by atoms with Gasteiger partial charge in [0.05, 0.1) is 0 Å². The van der Waals surface area contributed by atoms with E-state index in [1.807, 2.05) is 26.0 Å². The summed E-state index contributed by atoms with van der Waals surface area (Å²) in [6.45, 7) is 4.85. The number of benzene rings is 1. The minimum absolute atomic E-state index is 0. The summed E-state index contributed by atoms with van der Waals surface area (Å²) in [5.74, 6) is -0.0816. The maximum Gasteiger partial charge on any atom is 0.251 e. The predicted octanol–water partition coefficient (Wildman–Crippen LogP) is 2.13. The average Bonchev–Trinajstić information content (AvgIpc) is 2.35. The number of carbonyl (C=O) groups excluding carboxylic acids is 2. The van der Waals surface area contributed by atoms with Crippen LogP contribution in [0.3, 0.4) is 0 Å². The fourth-order valence-electron chi connectivity index (χ4n) is 1.50. The molecule has 0 radical (unpaired) electrons. The molecule has 0 bridgehead atoms. The van der Waals surface area contributed by atoms with E-state index in [-0.39, 0.29) is 14.7 Å². The molecule has 1 rings (SSSR count). The zero-order valence-electron chi connectivity index (χ0n) is 11.0. The monoisotopic (exact) mass is 252 g/mol. The summed E-state index contributed by atoms with van der Waals surface area (Å²) < 4.78 is 0. The standard InChI is InChI=1S/C14H20N2O2.2H2/c1-3-4-13(17)15-9-10-16-14(18)12-7-5-11(2)6-8-12;;/h5-8H,3-4,9-10H2,1-2H3,(H,15,17)(H,16,18);2*1H. The Morgan fingerprint density at radius 1 is 1.11 bits per heavy atom. The summed E-state index contributed by atoms with van der Waals surface area (Å²) in [4.78, 5) is 22.9. The second-order valence-electron chi connectivity index (χ2n) is 4.22. The van der Waals surface area contributed by atoms with E-state index in [1.54, 1.807) is 12.1 Å². The van der Waals surface area contributed by atoms with Crippen molar-refractivity contribution in [2.45, 2.75) is 26.7 Å². The van der Waals surface area contributed by atoms with E-state index in [2.05, 4.69) is 10.6 Å². The minimum atomic E-state index is -0.111. The van der Waals surface area contributed by atoms with Gasteiger partial charge in [-0.2, -0.15) is 0 Å². The largest absolute Gasteiger partial charge is 0.354 e. The van der Waals surface area contributed by atoms with Gasteiger partial charge in [-0.3, -0.25) is 9.59 Å². The molecule has 0 aliphatic carbocycles. The van der Waals surface area contributed by atoms with Gasteiger partial charge in [0.15, 0.2) is 0 Å². The maximum atomic E-state index is 11.7. The highest BCUT2D eigenvalue weighted by Gasteiger charge is 2.04. The normalized spacial score (nSPS) is 9.89. The molecule has 18 heavy (non-hydrogen) atoms. The highest BCUT2D eigenvalue weighted by molar-refractivity contribution is 5.94. The third-order valence-electron chi connectivity index (χ3n) is 2.52. The lowest BCUT2D eigenvalue weighted by Crippen LogP contribution is -2.34. The first-order chi connectivity index (χ1) is 8.63. The average molecular weight is 252 g/mol. The first-order valence-corrected chi connectivity index (χ1v) is 6.25. The van der Waals surface area contributed by atoms with Crippen LogP contribution in [0.1, 0.15) is 38.5 Å². The minimum Gasteiger partial charge on any atom is -0.354 e. The Bertz CT molecular complexity index is 408. The Morgan fingerprint density at radius 2 is 1.72 bits per heavy atom. The van der Waals surface area contributed by atoms with Crippen LogP contribution in [0.5, 0.6) is 0 Å². The lowest BCUT2D eigenvalue weighted by molar-refractivity contribution is -0.121. The smallest absolute Gasteiger partial charge is 0.251 e. The number of amides is 2. The van der Waals surface area contributed by atoms with Crippen LogP contribution >= 0.6 is 0 Å². The van der Waals surface area contributed by atoms with Gasteiger partial charge in [0, 0.05) is 27.9 Å². The molecule has 0 unspecified atom stereocenters. The number of hydrogen-bond donors (Lipinski definition) is 2. The van der Waals surface area contributed by atoms with Gasteiger partial charge >= 0.3 is 0 Å². The SMILES string of the molecule is CCCC(=O)NCCNC(=O)c1ccc(C)cc1.[HH].[HH]. The van der Waals surface area contributed by atoms with Gasteiger partial charge in [0.2, 0.25) is 5.91 Å². The van der Waals surface area contributed by atoms with Gasteiger partial charge in [-0.05, 0) is 25.5 Å².